The Morgan fingerprint density at radius 1 is 0.875 bits per heavy atom. The normalized spacial score (nSPS) is 13.1. The highest BCUT2D eigenvalue weighted by Crippen LogP contribution is 2.28. The molecule has 0 saturated carbocycles. The van der Waals surface area contributed by atoms with E-state index >= 15 is 0 Å². The first-order valence-corrected chi connectivity index (χ1v) is 13.2. The minimum atomic E-state index is -3.85. The number of rotatable bonds is 6. The molecule has 0 radical (unpaired) electrons. The van der Waals surface area contributed by atoms with Gasteiger partial charge in [-0.2, -0.15) is 0 Å². The first kappa shape index (κ1) is 32.8. The number of nitrogens with one attached hydrogen (secondary N) is 1. The number of nitrogens with zero attached hydrogens (tertiary/aromatic N) is 5. The van der Waals surface area contributed by atoms with Crippen LogP contribution in [0.1, 0.15) is 21.5 Å². The largest absolute Gasteiger partial charge is 0.478 e. The second-order valence-electron chi connectivity index (χ2n) is 8.94. The number of halogens is 3. The first-order chi connectivity index (χ1) is 17.7. The predicted octanol–water partition coefficient (Wildman–Crippen LogP) is 4.73. The smallest absolute Gasteiger partial charge is 0.336 e. The number of pyridine rings is 1. The third-order valence-electron chi connectivity index (χ3n) is 6.51. The van der Waals surface area contributed by atoms with E-state index in [2.05, 4.69) is 19.6 Å². The van der Waals surface area contributed by atoms with Crippen LogP contribution < -0.4 is 14.5 Å². The highest BCUT2D eigenvalue weighted by atomic mass is 35.5. The van der Waals surface area contributed by atoms with Gasteiger partial charge in [0.2, 0.25) is 5.95 Å². The molecule has 10 nitrogen and oxygen atoms in total. The molecule has 1 aliphatic heterocycles. The van der Waals surface area contributed by atoms with E-state index in [-0.39, 0.29) is 53.4 Å². The first-order valence-electron chi connectivity index (χ1n) is 11.8. The Bertz CT molecular complexity index is 1600. The number of hydrogen-bond acceptors (Lipinski definition) is 8. The number of aromatic nitrogens is 3. The van der Waals surface area contributed by atoms with E-state index in [4.69, 9.17) is 4.98 Å². The standard InChI is InChI=1S/C26H26N6O4S.3ClH/c1-17-4-6-20(14-18(17)2)37(35,36)30-19-5-7-23-21(15-19)22(25(33)34)16-24(29-23)31-10-12-32(13-11-31)26-27-8-3-9-28-26;;;/h3-9,14-16,30H,10-13H2,1-2H3,(H,33,34);3*1H. The summed E-state index contributed by atoms with van der Waals surface area (Å²) in [5.74, 6) is 0.108. The Balaban J connectivity index is 0.00000187. The zero-order valence-electron chi connectivity index (χ0n) is 21.6. The molecule has 40 heavy (non-hydrogen) atoms. The van der Waals surface area contributed by atoms with Gasteiger partial charge in [-0.15, -0.1) is 37.2 Å². The van der Waals surface area contributed by atoms with Gasteiger partial charge >= 0.3 is 5.97 Å². The van der Waals surface area contributed by atoms with Gasteiger partial charge < -0.3 is 14.9 Å². The van der Waals surface area contributed by atoms with Crippen molar-refractivity contribution in [3.63, 3.8) is 0 Å². The summed E-state index contributed by atoms with van der Waals surface area (Å²) >= 11 is 0. The number of carbonyl (C=O) groups is 1. The Morgan fingerprint density at radius 2 is 1.52 bits per heavy atom. The molecule has 2 aromatic carbocycles. The lowest BCUT2D eigenvalue weighted by Gasteiger charge is -2.35. The van der Waals surface area contributed by atoms with Crippen LogP contribution in [0.25, 0.3) is 10.9 Å². The van der Waals surface area contributed by atoms with Crippen LogP contribution in [0.3, 0.4) is 0 Å². The van der Waals surface area contributed by atoms with E-state index in [0.717, 1.165) is 11.1 Å². The number of hydrogen-bond donors (Lipinski definition) is 2. The Hall–Kier alpha value is -3.38. The van der Waals surface area contributed by atoms with Gasteiger partial charge in [-0.3, -0.25) is 4.72 Å². The molecule has 0 bridgehead atoms. The maximum Gasteiger partial charge on any atom is 0.336 e. The number of sulfonamides is 1. The molecule has 1 aliphatic rings. The number of fused-ring (bicyclic) bond motifs is 1. The second kappa shape index (κ2) is 13.3. The summed E-state index contributed by atoms with van der Waals surface area (Å²) in [6.07, 6.45) is 3.41. The van der Waals surface area contributed by atoms with Crippen molar-refractivity contribution in [3.8, 4) is 0 Å². The topological polar surface area (TPSA) is 129 Å². The molecule has 1 saturated heterocycles. The van der Waals surface area contributed by atoms with Crippen molar-refractivity contribution in [2.75, 3.05) is 40.7 Å². The Kier molecular flexibility index (Phi) is 10.9. The average Bonchev–Trinajstić information content (AvgIpc) is 2.90. The summed E-state index contributed by atoms with van der Waals surface area (Å²) in [5.41, 5.74) is 2.65. The fraction of sp³-hybridized carbons (Fsp3) is 0.231. The van der Waals surface area contributed by atoms with E-state index in [1.807, 2.05) is 18.7 Å². The summed E-state index contributed by atoms with van der Waals surface area (Å²) in [6.45, 7) is 6.36. The molecule has 0 unspecified atom stereocenters. The van der Waals surface area contributed by atoms with Crippen molar-refractivity contribution in [2.24, 2.45) is 0 Å². The summed E-state index contributed by atoms with van der Waals surface area (Å²) in [7, 11) is -3.85. The molecule has 1 fully saturated rings. The maximum absolute atomic E-state index is 12.9. The third kappa shape index (κ3) is 6.84. The van der Waals surface area contributed by atoms with Crippen molar-refractivity contribution >= 4 is 81.6 Å². The highest BCUT2D eigenvalue weighted by molar-refractivity contribution is 7.92. The Labute approximate surface area is 251 Å². The van der Waals surface area contributed by atoms with Gasteiger partial charge in [0, 0.05) is 49.6 Å². The number of piperazine rings is 1. The van der Waals surface area contributed by atoms with Crippen molar-refractivity contribution in [1.82, 2.24) is 15.0 Å². The van der Waals surface area contributed by atoms with Crippen molar-refractivity contribution in [1.29, 1.82) is 0 Å². The minimum Gasteiger partial charge on any atom is -0.478 e. The molecule has 3 heterocycles. The van der Waals surface area contributed by atoms with Gasteiger partial charge in [0.15, 0.2) is 0 Å². The molecule has 0 spiro atoms. The van der Waals surface area contributed by atoms with Crippen molar-refractivity contribution in [3.05, 3.63) is 77.6 Å². The number of aryl methyl sites for hydroxylation is 2. The monoisotopic (exact) mass is 626 g/mol. The van der Waals surface area contributed by atoms with E-state index in [1.54, 1.807) is 54.9 Å². The molecule has 214 valence electrons. The zero-order valence-corrected chi connectivity index (χ0v) is 24.9. The SMILES string of the molecule is Cc1ccc(S(=O)(=O)Nc2ccc3nc(N4CCN(c5ncccn5)CC4)cc(C(=O)O)c3c2)cc1C.Cl.Cl.Cl. The van der Waals surface area contributed by atoms with Crippen LogP contribution in [-0.4, -0.2) is 60.6 Å². The Morgan fingerprint density at radius 3 is 2.15 bits per heavy atom. The van der Waals surface area contributed by atoms with Gasteiger partial charge in [0.25, 0.3) is 10.0 Å². The predicted molar refractivity (Wildman–Crippen MR) is 164 cm³/mol. The van der Waals surface area contributed by atoms with Gasteiger partial charge in [0.05, 0.1) is 16.0 Å². The van der Waals surface area contributed by atoms with Crippen LogP contribution in [0, 0.1) is 13.8 Å². The quantitative estimate of drug-likeness (QED) is 0.312. The third-order valence-corrected chi connectivity index (χ3v) is 7.88. The number of aromatic carboxylic acids is 1. The van der Waals surface area contributed by atoms with E-state index in [9.17, 15) is 18.3 Å². The zero-order chi connectivity index (χ0) is 26.2. The molecular formula is C26H29Cl3N6O4S. The molecule has 4 aromatic rings. The molecule has 2 N–H and O–H groups in total. The van der Waals surface area contributed by atoms with Crippen LogP contribution in [0.2, 0.25) is 0 Å². The lowest BCUT2D eigenvalue weighted by molar-refractivity contribution is 0.0699. The van der Waals surface area contributed by atoms with E-state index in [0.29, 0.717) is 48.8 Å². The van der Waals surface area contributed by atoms with Gasteiger partial charge in [-0.1, -0.05) is 6.07 Å². The fourth-order valence-corrected chi connectivity index (χ4v) is 5.43. The summed E-state index contributed by atoms with van der Waals surface area (Å²) < 4.78 is 28.5. The summed E-state index contributed by atoms with van der Waals surface area (Å²) in [6, 6.07) is 13.0. The molecule has 2 aromatic heterocycles. The maximum atomic E-state index is 12.9. The average molecular weight is 628 g/mol. The fourth-order valence-electron chi connectivity index (χ4n) is 4.30. The van der Waals surface area contributed by atoms with Gasteiger partial charge in [-0.05, 0) is 67.4 Å². The van der Waals surface area contributed by atoms with Crippen LogP contribution in [0.5, 0.6) is 0 Å². The van der Waals surface area contributed by atoms with Gasteiger partial charge in [-0.25, -0.2) is 28.2 Å². The highest BCUT2D eigenvalue weighted by Gasteiger charge is 2.23. The number of anilines is 3. The van der Waals surface area contributed by atoms with Crippen molar-refractivity contribution < 1.29 is 18.3 Å². The molecule has 14 heteroatoms. The van der Waals surface area contributed by atoms with E-state index in [1.165, 1.54) is 6.07 Å². The molecule has 0 amide bonds. The van der Waals surface area contributed by atoms with Crippen molar-refractivity contribution in [2.45, 2.75) is 18.7 Å². The lowest BCUT2D eigenvalue weighted by atomic mass is 10.1. The molecule has 0 aliphatic carbocycles. The molecule has 5 rings (SSSR count). The van der Waals surface area contributed by atoms with Gasteiger partial charge in [0.1, 0.15) is 5.82 Å². The number of carboxylic acid groups (broad SMARTS) is 1. The lowest BCUT2D eigenvalue weighted by Crippen LogP contribution is -2.47. The summed E-state index contributed by atoms with van der Waals surface area (Å²) in [5, 5.41) is 10.3. The van der Waals surface area contributed by atoms with E-state index < -0.39 is 16.0 Å². The van der Waals surface area contributed by atoms with Crippen LogP contribution in [0.15, 0.2) is 65.8 Å². The molecule has 0 atom stereocenters. The number of carboxylic acids is 1. The van der Waals surface area contributed by atoms with Crippen LogP contribution in [-0.2, 0) is 10.0 Å². The minimum absolute atomic E-state index is 0. The van der Waals surface area contributed by atoms with Crippen LogP contribution >= 0.6 is 37.2 Å². The second-order valence-corrected chi connectivity index (χ2v) is 10.6. The summed E-state index contributed by atoms with van der Waals surface area (Å²) in [4.78, 5) is 29.7. The molecular weight excluding hydrogens is 599 g/mol. The number of benzene rings is 2. The van der Waals surface area contributed by atoms with Crippen LogP contribution in [0.4, 0.5) is 17.5 Å².